The van der Waals surface area contributed by atoms with Gasteiger partial charge in [-0.2, -0.15) is 26.3 Å². The molecule has 1 saturated heterocycles. The Bertz CT molecular complexity index is 730. The van der Waals surface area contributed by atoms with Crippen molar-refractivity contribution in [2.24, 2.45) is 17.8 Å². The number of fused-ring (bicyclic) bond motifs is 1. The summed E-state index contributed by atoms with van der Waals surface area (Å²) >= 11 is 0. The van der Waals surface area contributed by atoms with E-state index in [9.17, 15) is 35.9 Å². The van der Waals surface area contributed by atoms with Gasteiger partial charge in [-0.3, -0.25) is 9.59 Å². The van der Waals surface area contributed by atoms with Crippen molar-refractivity contribution < 1.29 is 41.0 Å². The number of benzene rings is 1. The molecule has 1 aromatic carbocycles. The van der Waals surface area contributed by atoms with Gasteiger partial charge in [-0.05, 0) is 30.0 Å². The summed E-state index contributed by atoms with van der Waals surface area (Å²) in [5.41, 5.74) is -4.01. The predicted molar refractivity (Wildman–Crippen MR) is 70.5 cm³/mol. The van der Waals surface area contributed by atoms with Gasteiger partial charge in [-0.15, -0.1) is 0 Å². The monoisotopic (exact) mass is 367 g/mol. The second-order valence-electron chi connectivity index (χ2n) is 6.16. The highest BCUT2D eigenvalue weighted by Gasteiger charge is 2.60. The van der Waals surface area contributed by atoms with Gasteiger partial charge in [0, 0.05) is 13.1 Å². The minimum Gasteiger partial charge on any atom is -0.481 e. The molecule has 1 unspecified atom stereocenters. The number of alkyl halides is 6. The first-order valence-electron chi connectivity index (χ1n) is 7.22. The van der Waals surface area contributed by atoms with Crippen LogP contribution in [0, 0.1) is 17.8 Å². The van der Waals surface area contributed by atoms with Crippen LogP contribution in [0.15, 0.2) is 18.2 Å². The van der Waals surface area contributed by atoms with Crippen molar-refractivity contribution in [3.8, 4) is 0 Å². The average Bonchev–Trinajstić information content (AvgIpc) is 3.00. The lowest BCUT2D eigenvalue weighted by molar-refractivity contribution is -0.143. The average molecular weight is 367 g/mol. The summed E-state index contributed by atoms with van der Waals surface area (Å²) in [5.74, 6) is -3.31. The zero-order valence-corrected chi connectivity index (χ0v) is 12.4. The molecule has 1 aliphatic heterocycles. The molecule has 10 heteroatoms. The van der Waals surface area contributed by atoms with Crippen LogP contribution in [-0.2, 0) is 17.1 Å². The molecule has 3 atom stereocenters. The van der Waals surface area contributed by atoms with Crippen molar-refractivity contribution in [1.29, 1.82) is 0 Å². The first-order chi connectivity index (χ1) is 11.4. The number of likely N-dealkylation sites (tertiary alicyclic amines) is 1. The lowest BCUT2D eigenvalue weighted by atomic mass is 10.0. The van der Waals surface area contributed by atoms with Crippen LogP contribution >= 0.6 is 0 Å². The number of amides is 1. The molecule has 3 rings (SSSR count). The van der Waals surface area contributed by atoms with Crippen LogP contribution in [0.25, 0.3) is 0 Å². The quantitative estimate of drug-likeness (QED) is 0.818. The van der Waals surface area contributed by atoms with E-state index in [0.717, 1.165) is 4.90 Å². The molecule has 0 bridgehead atoms. The van der Waals surface area contributed by atoms with Crippen LogP contribution in [-0.4, -0.2) is 35.0 Å². The summed E-state index contributed by atoms with van der Waals surface area (Å²) in [4.78, 5) is 24.3. The van der Waals surface area contributed by atoms with Gasteiger partial charge >= 0.3 is 18.3 Å². The SMILES string of the molecule is O=C(O)C1[C@H]2CN(C(=O)c3ccc(C(F)(F)F)cc3C(F)(F)F)C[C@@H]12. The van der Waals surface area contributed by atoms with Gasteiger partial charge in [0.25, 0.3) is 5.91 Å². The number of hydrogen-bond acceptors (Lipinski definition) is 2. The predicted octanol–water partition coefficient (Wildman–Crippen LogP) is 3.13. The Kier molecular flexibility index (Phi) is 3.77. The topological polar surface area (TPSA) is 57.6 Å². The minimum atomic E-state index is -5.13. The fourth-order valence-corrected chi connectivity index (χ4v) is 3.37. The van der Waals surface area contributed by atoms with E-state index in [0.29, 0.717) is 12.1 Å². The van der Waals surface area contributed by atoms with Gasteiger partial charge in [0.15, 0.2) is 0 Å². The van der Waals surface area contributed by atoms with Crippen molar-refractivity contribution in [3.05, 3.63) is 34.9 Å². The van der Waals surface area contributed by atoms with Crippen LogP contribution in [0.1, 0.15) is 21.5 Å². The van der Waals surface area contributed by atoms with E-state index in [1.54, 1.807) is 0 Å². The first-order valence-corrected chi connectivity index (χ1v) is 7.22. The Morgan fingerprint density at radius 1 is 1.00 bits per heavy atom. The van der Waals surface area contributed by atoms with E-state index in [4.69, 9.17) is 5.11 Å². The molecule has 0 radical (unpaired) electrons. The molecule has 0 spiro atoms. The molecule has 1 N–H and O–H groups in total. The van der Waals surface area contributed by atoms with Crippen LogP contribution < -0.4 is 0 Å². The van der Waals surface area contributed by atoms with E-state index < -0.39 is 46.8 Å². The molecule has 4 nitrogen and oxygen atoms in total. The largest absolute Gasteiger partial charge is 0.481 e. The van der Waals surface area contributed by atoms with E-state index in [1.807, 2.05) is 0 Å². The summed E-state index contributed by atoms with van der Waals surface area (Å²) in [7, 11) is 0. The molecule has 2 fully saturated rings. The number of halogens is 6. The van der Waals surface area contributed by atoms with E-state index in [1.165, 1.54) is 0 Å². The number of carbonyl (C=O) groups excluding carboxylic acids is 1. The molecule has 1 saturated carbocycles. The summed E-state index contributed by atoms with van der Waals surface area (Å²) in [6.45, 7) is -0.0302. The number of nitrogens with zero attached hydrogens (tertiary/aromatic N) is 1. The molecule has 136 valence electrons. The van der Waals surface area contributed by atoms with Gasteiger partial charge in [0.1, 0.15) is 0 Å². The van der Waals surface area contributed by atoms with Crippen molar-refractivity contribution in [1.82, 2.24) is 4.90 Å². The summed E-state index contributed by atoms with van der Waals surface area (Å²) in [6.07, 6.45) is -10.1. The fraction of sp³-hybridized carbons (Fsp3) is 0.467. The maximum absolute atomic E-state index is 13.1. The number of hydrogen-bond donors (Lipinski definition) is 1. The number of rotatable bonds is 2. The van der Waals surface area contributed by atoms with Gasteiger partial charge in [0.05, 0.1) is 22.6 Å². The Balaban J connectivity index is 1.87. The Labute approximate surface area is 137 Å². The van der Waals surface area contributed by atoms with Crippen molar-refractivity contribution in [2.45, 2.75) is 12.4 Å². The van der Waals surface area contributed by atoms with Crippen molar-refractivity contribution in [2.75, 3.05) is 13.1 Å². The Hall–Kier alpha value is -2.26. The normalized spacial score (nSPS) is 25.7. The van der Waals surface area contributed by atoms with Gasteiger partial charge in [-0.1, -0.05) is 0 Å². The van der Waals surface area contributed by atoms with E-state index >= 15 is 0 Å². The van der Waals surface area contributed by atoms with Crippen LogP contribution in [0.2, 0.25) is 0 Å². The molecular formula is C15H11F6NO3. The molecule has 1 aliphatic carbocycles. The summed E-state index contributed by atoms with van der Waals surface area (Å²) < 4.78 is 77.2. The highest BCUT2D eigenvalue weighted by atomic mass is 19.4. The second-order valence-corrected chi connectivity index (χ2v) is 6.16. The third-order valence-corrected chi connectivity index (χ3v) is 4.65. The standard InChI is InChI=1S/C15H11F6NO3/c16-14(17,18)6-1-2-7(10(3-6)15(19,20)21)12(23)22-4-8-9(5-22)11(8)13(24)25/h1-3,8-9,11H,4-5H2,(H,24,25)/t8-,9+,11?. The second kappa shape index (κ2) is 5.37. The number of carboxylic acids is 1. The highest BCUT2D eigenvalue weighted by Crippen LogP contribution is 2.52. The number of carbonyl (C=O) groups is 2. The smallest absolute Gasteiger partial charge is 0.417 e. The molecule has 0 aromatic heterocycles. The third-order valence-electron chi connectivity index (χ3n) is 4.65. The van der Waals surface area contributed by atoms with Gasteiger partial charge in [-0.25, -0.2) is 0 Å². The Morgan fingerprint density at radius 3 is 2.00 bits per heavy atom. The molecular weight excluding hydrogens is 356 g/mol. The lowest BCUT2D eigenvalue weighted by Gasteiger charge is -2.22. The van der Waals surface area contributed by atoms with Gasteiger partial charge < -0.3 is 10.0 Å². The minimum absolute atomic E-state index is 0.0151. The zero-order valence-electron chi connectivity index (χ0n) is 12.4. The van der Waals surface area contributed by atoms with E-state index in [-0.39, 0.29) is 31.0 Å². The number of carboxylic acid groups (broad SMARTS) is 1. The zero-order chi connectivity index (χ0) is 18.7. The maximum atomic E-state index is 13.1. The van der Waals surface area contributed by atoms with Crippen molar-refractivity contribution >= 4 is 11.9 Å². The molecule has 1 amide bonds. The Morgan fingerprint density at radius 2 is 1.56 bits per heavy atom. The highest BCUT2D eigenvalue weighted by molar-refractivity contribution is 5.96. The maximum Gasteiger partial charge on any atom is 0.417 e. The van der Waals surface area contributed by atoms with Crippen molar-refractivity contribution in [3.63, 3.8) is 0 Å². The number of piperidine rings is 1. The molecule has 1 aromatic rings. The van der Waals surface area contributed by atoms with Crippen LogP contribution in [0.3, 0.4) is 0 Å². The summed E-state index contributed by atoms with van der Waals surface area (Å²) in [6, 6.07) is 0.871. The molecule has 2 aliphatic rings. The van der Waals surface area contributed by atoms with Crippen LogP contribution in [0.5, 0.6) is 0 Å². The molecule has 25 heavy (non-hydrogen) atoms. The summed E-state index contributed by atoms with van der Waals surface area (Å²) in [5, 5.41) is 8.90. The lowest BCUT2D eigenvalue weighted by Crippen LogP contribution is -2.34. The van der Waals surface area contributed by atoms with Crippen LogP contribution in [0.4, 0.5) is 26.3 Å². The number of aliphatic carboxylic acids is 1. The fourth-order valence-electron chi connectivity index (χ4n) is 3.37. The first kappa shape index (κ1) is 17.6. The van der Waals surface area contributed by atoms with Gasteiger partial charge in [0.2, 0.25) is 0 Å². The molecule has 1 heterocycles. The van der Waals surface area contributed by atoms with E-state index in [2.05, 4.69) is 0 Å². The third kappa shape index (κ3) is 3.05.